The third kappa shape index (κ3) is 3.50. The maximum atomic E-state index is 12.8. The van der Waals surface area contributed by atoms with E-state index in [2.05, 4.69) is 17.4 Å². The molecule has 2 fully saturated rings. The van der Waals surface area contributed by atoms with Crippen molar-refractivity contribution in [3.8, 4) is 0 Å². The molecule has 2 aliphatic rings. The quantitative estimate of drug-likeness (QED) is 0.246. The zero-order valence-corrected chi connectivity index (χ0v) is 13.2. The van der Waals surface area contributed by atoms with Gasteiger partial charge in [-0.05, 0) is 25.7 Å². The monoisotopic (exact) mass is 295 g/mol. The third-order valence-electron chi connectivity index (χ3n) is 5.41. The van der Waals surface area contributed by atoms with E-state index in [4.69, 9.17) is 10.9 Å². The van der Waals surface area contributed by atoms with Gasteiger partial charge in [-0.15, -0.1) is 0 Å². The molecule has 2 rings (SSSR count). The first-order valence-electron chi connectivity index (χ1n) is 8.33. The molecule has 0 aromatic carbocycles. The molecule has 0 heterocycles. The number of hydrogen-bond donors (Lipinski definition) is 3. The van der Waals surface area contributed by atoms with E-state index in [9.17, 15) is 4.79 Å². The molecular weight excluding hydrogens is 266 g/mol. The van der Waals surface area contributed by atoms with Crippen molar-refractivity contribution in [2.45, 2.75) is 83.1 Å². The van der Waals surface area contributed by atoms with E-state index in [-0.39, 0.29) is 17.2 Å². The Kier molecular flexibility index (Phi) is 5.12. The molecule has 1 amide bonds. The summed E-state index contributed by atoms with van der Waals surface area (Å²) in [5.41, 5.74) is 5.01. The number of carbonyl (C=O) groups is 1. The molecule has 0 spiro atoms. The van der Waals surface area contributed by atoms with Crippen molar-refractivity contribution in [3.63, 3.8) is 0 Å². The number of amides is 1. The molecule has 5 nitrogen and oxygen atoms in total. The first-order chi connectivity index (χ1) is 10.0. The van der Waals surface area contributed by atoms with Crippen LogP contribution in [0.1, 0.15) is 77.6 Å². The molecule has 4 N–H and O–H groups in total. The fraction of sp³-hybridized carbons (Fsp3) is 0.875. The minimum Gasteiger partial charge on any atom is -0.409 e. The van der Waals surface area contributed by atoms with Gasteiger partial charge in [0, 0.05) is 5.41 Å². The van der Waals surface area contributed by atoms with Crippen LogP contribution in [0.5, 0.6) is 0 Å². The van der Waals surface area contributed by atoms with Gasteiger partial charge in [0.15, 0.2) is 5.84 Å². The molecule has 0 saturated heterocycles. The number of oxime groups is 1. The van der Waals surface area contributed by atoms with Gasteiger partial charge in [0.1, 0.15) is 5.54 Å². The summed E-state index contributed by atoms with van der Waals surface area (Å²) in [6.07, 6.45) is 11.2. The highest BCUT2D eigenvalue weighted by molar-refractivity contribution is 5.95. The molecule has 0 aromatic rings. The van der Waals surface area contributed by atoms with Gasteiger partial charge in [0.25, 0.3) is 0 Å². The van der Waals surface area contributed by atoms with Crippen molar-refractivity contribution in [1.29, 1.82) is 0 Å². The summed E-state index contributed by atoms with van der Waals surface area (Å²) in [6, 6.07) is 0. The van der Waals surface area contributed by atoms with Crippen LogP contribution >= 0.6 is 0 Å². The van der Waals surface area contributed by atoms with Gasteiger partial charge in [-0.2, -0.15) is 0 Å². The average Bonchev–Trinajstić information content (AvgIpc) is 2.73. The molecule has 2 aliphatic carbocycles. The van der Waals surface area contributed by atoms with Gasteiger partial charge in [0.05, 0.1) is 0 Å². The molecule has 0 atom stereocenters. The first kappa shape index (κ1) is 16.1. The number of hydrogen-bond acceptors (Lipinski definition) is 3. The van der Waals surface area contributed by atoms with Gasteiger partial charge in [-0.3, -0.25) is 4.79 Å². The molecule has 0 aromatic heterocycles. The SMILES string of the molecule is CC1(C(=O)NC2(C(N)=NO)CCCCCC2)CCCCC1. The Morgan fingerprint density at radius 1 is 1.00 bits per heavy atom. The predicted molar refractivity (Wildman–Crippen MR) is 83.2 cm³/mol. The second kappa shape index (κ2) is 6.67. The lowest BCUT2D eigenvalue weighted by atomic mass is 9.74. The van der Waals surface area contributed by atoms with Gasteiger partial charge in [0.2, 0.25) is 5.91 Å². The number of nitrogens with two attached hydrogens (primary N) is 1. The minimum absolute atomic E-state index is 0.0794. The highest BCUT2D eigenvalue weighted by Crippen LogP contribution is 2.37. The molecule has 120 valence electrons. The van der Waals surface area contributed by atoms with Crippen LogP contribution in [0, 0.1) is 5.41 Å². The van der Waals surface area contributed by atoms with Crippen molar-refractivity contribution in [1.82, 2.24) is 5.32 Å². The third-order valence-corrected chi connectivity index (χ3v) is 5.41. The largest absolute Gasteiger partial charge is 0.409 e. The van der Waals surface area contributed by atoms with Crippen LogP contribution in [0.15, 0.2) is 5.16 Å². The Morgan fingerprint density at radius 3 is 2.00 bits per heavy atom. The second-order valence-electron chi connectivity index (χ2n) is 7.06. The summed E-state index contributed by atoms with van der Waals surface area (Å²) >= 11 is 0. The standard InChI is InChI=1S/C16H29N3O2/c1-15(9-5-4-6-10-15)14(20)18-16(13(17)19-21)11-7-2-3-8-12-16/h21H,2-12H2,1H3,(H2,17,19)(H,18,20). The summed E-state index contributed by atoms with van der Waals surface area (Å²) in [6.45, 7) is 2.05. The Morgan fingerprint density at radius 2 is 1.48 bits per heavy atom. The highest BCUT2D eigenvalue weighted by Gasteiger charge is 2.42. The highest BCUT2D eigenvalue weighted by atomic mass is 16.4. The molecule has 0 bridgehead atoms. The van der Waals surface area contributed by atoms with Gasteiger partial charge in [-0.1, -0.05) is 57.0 Å². The fourth-order valence-electron chi connectivity index (χ4n) is 3.80. The van der Waals surface area contributed by atoms with Crippen molar-refractivity contribution < 1.29 is 10.0 Å². The smallest absolute Gasteiger partial charge is 0.226 e. The topological polar surface area (TPSA) is 87.7 Å². The normalized spacial score (nSPS) is 25.9. The zero-order valence-electron chi connectivity index (χ0n) is 13.2. The molecule has 0 radical (unpaired) electrons. The summed E-state index contributed by atoms with van der Waals surface area (Å²) in [7, 11) is 0. The van der Waals surface area contributed by atoms with E-state index in [1.54, 1.807) is 0 Å². The van der Waals surface area contributed by atoms with E-state index in [1.807, 2.05) is 0 Å². The molecule has 2 saturated carbocycles. The molecule has 0 aliphatic heterocycles. The van der Waals surface area contributed by atoms with Crippen LogP contribution in [-0.2, 0) is 4.79 Å². The van der Waals surface area contributed by atoms with Crippen LogP contribution in [0.25, 0.3) is 0 Å². The summed E-state index contributed by atoms with van der Waals surface area (Å²) in [5, 5.41) is 15.5. The van der Waals surface area contributed by atoms with Crippen molar-refractivity contribution >= 4 is 11.7 Å². The van der Waals surface area contributed by atoms with E-state index < -0.39 is 5.54 Å². The average molecular weight is 295 g/mol. The van der Waals surface area contributed by atoms with Crippen LogP contribution < -0.4 is 11.1 Å². The van der Waals surface area contributed by atoms with Gasteiger partial charge < -0.3 is 16.3 Å². The Balaban J connectivity index is 2.16. The van der Waals surface area contributed by atoms with E-state index >= 15 is 0 Å². The van der Waals surface area contributed by atoms with Crippen molar-refractivity contribution in [3.05, 3.63) is 0 Å². The van der Waals surface area contributed by atoms with Gasteiger partial charge >= 0.3 is 0 Å². The number of amidine groups is 1. The first-order valence-corrected chi connectivity index (χ1v) is 8.33. The van der Waals surface area contributed by atoms with Crippen molar-refractivity contribution in [2.75, 3.05) is 0 Å². The fourth-order valence-corrected chi connectivity index (χ4v) is 3.80. The zero-order chi connectivity index (χ0) is 15.3. The van der Waals surface area contributed by atoms with Gasteiger partial charge in [-0.25, -0.2) is 0 Å². The van der Waals surface area contributed by atoms with Crippen LogP contribution in [-0.4, -0.2) is 22.5 Å². The lowest BCUT2D eigenvalue weighted by molar-refractivity contribution is -0.133. The molecular formula is C16H29N3O2. The number of nitrogens with one attached hydrogen (secondary N) is 1. The molecule has 21 heavy (non-hydrogen) atoms. The number of nitrogens with zero attached hydrogens (tertiary/aromatic N) is 1. The minimum atomic E-state index is -0.650. The summed E-state index contributed by atoms with van der Waals surface area (Å²) in [5.74, 6) is 0.243. The summed E-state index contributed by atoms with van der Waals surface area (Å²) in [4.78, 5) is 12.8. The lowest BCUT2D eigenvalue weighted by Crippen LogP contribution is -2.60. The van der Waals surface area contributed by atoms with E-state index in [0.717, 1.165) is 64.2 Å². The lowest BCUT2D eigenvalue weighted by Gasteiger charge is -2.39. The summed E-state index contributed by atoms with van der Waals surface area (Å²) < 4.78 is 0. The number of rotatable bonds is 3. The number of carbonyl (C=O) groups excluding carboxylic acids is 1. The molecule has 5 heteroatoms. The maximum absolute atomic E-state index is 12.8. The Hall–Kier alpha value is -1.26. The second-order valence-corrected chi connectivity index (χ2v) is 7.06. The van der Waals surface area contributed by atoms with Crippen LogP contribution in [0.3, 0.4) is 0 Å². The van der Waals surface area contributed by atoms with E-state index in [1.165, 1.54) is 6.42 Å². The predicted octanol–water partition coefficient (Wildman–Crippen LogP) is 2.91. The maximum Gasteiger partial charge on any atom is 0.226 e. The Labute approximate surface area is 127 Å². The Bertz CT molecular complexity index is 392. The van der Waals surface area contributed by atoms with Crippen LogP contribution in [0.2, 0.25) is 0 Å². The molecule has 0 unspecified atom stereocenters. The van der Waals surface area contributed by atoms with Crippen molar-refractivity contribution in [2.24, 2.45) is 16.3 Å². The van der Waals surface area contributed by atoms with E-state index in [0.29, 0.717) is 0 Å². The van der Waals surface area contributed by atoms with Crippen LogP contribution in [0.4, 0.5) is 0 Å².